The van der Waals surface area contributed by atoms with E-state index in [1.54, 1.807) is 18.9 Å². The zero-order chi connectivity index (χ0) is 10.4. The Kier molecular flexibility index (Phi) is 4.40. The van der Waals surface area contributed by atoms with E-state index in [2.05, 4.69) is 6.08 Å². The van der Waals surface area contributed by atoms with E-state index >= 15 is 0 Å². The summed E-state index contributed by atoms with van der Waals surface area (Å²) in [7, 11) is 1.66. The van der Waals surface area contributed by atoms with Gasteiger partial charge in [-0.1, -0.05) is 12.2 Å². The highest BCUT2D eigenvalue weighted by Gasteiger charge is 2.00. The van der Waals surface area contributed by atoms with Crippen LogP contribution in [0.4, 0.5) is 5.69 Å². The number of allylic oxidation sites excluding steroid dienone is 1. The number of nitrogen functional groups attached to an aromatic ring is 1. The topological polar surface area (TPSA) is 35.2 Å². The monoisotopic (exact) mass is 209 g/mol. The Morgan fingerprint density at radius 2 is 2.29 bits per heavy atom. The predicted octanol–water partition coefficient (Wildman–Crippen LogP) is 2.95. The Bertz CT molecular complexity index is 323. The van der Waals surface area contributed by atoms with Crippen molar-refractivity contribution in [2.75, 3.05) is 18.6 Å². The fourth-order valence-corrected chi connectivity index (χ4v) is 1.90. The van der Waals surface area contributed by atoms with Gasteiger partial charge in [0.05, 0.1) is 7.11 Å². The lowest BCUT2D eigenvalue weighted by Crippen LogP contribution is -1.90. The molecular formula is C11H15NOS. The van der Waals surface area contributed by atoms with Gasteiger partial charge in [-0.2, -0.15) is 0 Å². The lowest BCUT2D eigenvalue weighted by molar-refractivity contribution is 0.414. The third kappa shape index (κ3) is 3.00. The van der Waals surface area contributed by atoms with E-state index in [1.807, 2.05) is 31.2 Å². The van der Waals surface area contributed by atoms with Crippen molar-refractivity contribution in [1.29, 1.82) is 0 Å². The fraction of sp³-hybridized carbons (Fsp3) is 0.273. The molecule has 1 rings (SSSR count). The zero-order valence-corrected chi connectivity index (χ0v) is 9.30. The first-order valence-electron chi connectivity index (χ1n) is 4.45. The summed E-state index contributed by atoms with van der Waals surface area (Å²) >= 11 is 1.71. The van der Waals surface area contributed by atoms with E-state index in [4.69, 9.17) is 10.5 Å². The van der Waals surface area contributed by atoms with Gasteiger partial charge in [0.15, 0.2) is 0 Å². The lowest BCUT2D eigenvalue weighted by Gasteiger charge is -2.06. The van der Waals surface area contributed by atoms with Gasteiger partial charge in [0.1, 0.15) is 5.75 Å². The molecule has 0 aromatic heterocycles. The Balaban J connectivity index is 2.73. The Morgan fingerprint density at radius 3 is 2.93 bits per heavy atom. The maximum atomic E-state index is 5.83. The molecule has 0 atom stereocenters. The van der Waals surface area contributed by atoms with Crippen molar-refractivity contribution < 1.29 is 4.74 Å². The molecule has 0 aliphatic heterocycles. The minimum Gasteiger partial charge on any atom is -0.497 e. The van der Waals surface area contributed by atoms with E-state index in [0.29, 0.717) is 0 Å². The highest BCUT2D eigenvalue weighted by Crippen LogP contribution is 2.28. The molecule has 0 aliphatic carbocycles. The number of thioether (sulfide) groups is 1. The number of ether oxygens (including phenoxy) is 1. The molecule has 0 saturated carbocycles. The number of benzene rings is 1. The molecule has 2 N–H and O–H groups in total. The van der Waals surface area contributed by atoms with E-state index in [9.17, 15) is 0 Å². The number of rotatable bonds is 4. The van der Waals surface area contributed by atoms with Crippen molar-refractivity contribution in [3.63, 3.8) is 0 Å². The average Bonchev–Trinajstić information content (AvgIpc) is 2.21. The van der Waals surface area contributed by atoms with Gasteiger partial charge in [-0.3, -0.25) is 0 Å². The largest absolute Gasteiger partial charge is 0.497 e. The molecule has 0 radical (unpaired) electrons. The van der Waals surface area contributed by atoms with Crippen LogP contribution in [0.5, 0.6) is 5.75 Å². The molecule has 14 heavy (non-hydrogen) atoms. The molecule has 0 spiro atoms. The smallest absolute Gasteiger partial charge is 0.120 e. The molecule has 0 saturated heterocycles. The van der Waals surface area contributed by atoms with E-state index < -0.39 is 0 Å². The summed E-state index contributed by atoms with van der Waals surface area (Å²) in [4.78, 5) is 1.07. The Labute approximate surface area is 89.1 Å². The van der Waals surface area contributed by atoms with Crippen LogP contribution in [0.15, 0.2) is 35.2 Å². The Morgan fingerprint density at radius 1 is 1.50 bits per heavy atom. The number of hydrogen-bond donors (Lipinski definition) is 1. The molecular weight excluding hydrogens is 194 g/mol. The van der Waals surface area contributed by atoms with Crippen LogP contribution in [-0.2, 0) is 0 Å². The van der Waals surface area contributed by atoms with Crippen LogP contribution in [0, 0.1) is 0 Å². The summed E-state index contributed by atoms with van der Waals surface area (Å²) in [5, 5.41) is 0. The second-order valence-electron chi connectivity index (χ2n) is 2.78. The summed E-state index contributed by atoms with van der Waals surface area (Å²) in [6.07, 6.45) is 4.13. The molecule has 0 unspecified atom stereocenters. The van der Waals surface area contributed by atoms with Crippen LogP contribution < -0.4 is 10.5 Å². The van der Waals surface area contributed by atoms with Gasteiger partial charge in [0.2, 0.25) is 0 Å². The van der Waals surface area contributed by atoms with E-state index in [0.717, 1.165) is 22.1 Å². The van der Waals surface area contributed by atoms with Crippen molar-refractivity contribution in [2.24, 2.45) is 0 Å². The van der Waals surface area contributed by atoms with Gasteiger partial charge in [-0.15, -0.1) is 11.8 Å². The van der Waals surface area contributed by atoms with Crippen LogP contribution in [0.3, 0.4) is 0 Å². The number of anilines is 1. The fourth-order valence-electron chi connectivity index (χ4n) is 1.00. The highest BCUT2D eigenvalue weighted by atomic mass is 32.2. The van der Waals surface area contributed by atoms with Gasteiger partial charge in [0.25, 0.3) is 0 Å². The van der Waals surface area contributed by atoms with E-state index in [-0.39, 0.29) is 0 Å². The number of nitrogens with two attached hydrogens (primary N) is 1. The van der Waals surface area contributed by atoms with Crippen molar-refractivity contribution >= 4 is 17.4 Å². The normalized spacial score (nSPS) is 10.7. The summed E-state index contributed by atoms with van der Waals surface area (Å²) in [6, 6.07) is 5.70. The molecule has 0 heterocycles. The second kappa shape index (κ2) is 5.60. The van der Waals surface area contributed by atoms with Crippen molar-refractivity contribution in [2.45, 2.75) is 11.8 Å². The zero-order valence-electron chi connectivity index (χ0n) is 8.49. The van der Waals surface area contributed by atoms with Gasteiger partial charge in [-0.05, 0) is 25.1 Å². The minimum atomic E-state index is 0.806. The predicted molar refractivity (Wildman–Crippen MR) is 62.9 cm³/mol. The maximum absolute atomic E-state index is 5.83. The van der Waals surface area contributed by atoms with Gasteiger partial charge < -0.3 is 10.5 Å². The van der Waals surface area contributed by atoms with Gasteiger partial charge in [0, 0.05) is 16.3 Å². The summed E-state index contributed by atoms with van der Waals surface area (Å²) in [6.45, 7) is 2.01. The number of methoxy groups -OCH3 is 1. The van der Waals surface area contributed by atoms with Crippen LogP contribution in [0.2, 0.25) is 0 Å². The average molecular weight is 209 g/mol. The highest BCUT2D eigenvalue weighted by molar-refractivity contribution is 7.99. The minimum absolute atomic E-state index is 0.806. The van der Waals surface area contributed by atoms with Crippen LogP contribution in [0.1, 0.15) is 6.92 Å². The quantitative estimate of drug-likeness (QED) is 0.470. The van der Waals surface area contributed by atoms with Crippen LogP contribution in [-0.4, -0.2) is 12.9 Å². The first-order valence-corrected chi connectivity index (χ1v) is 5.44. The summed E-state index contributed by atoms with van der Waals surface area (Å²) < 4.78 is 5.13. The summed E-state index contributed by atoms with van der Waals surface area (Å²) in [5.74, 6) is 1.79. The first kappa shape index (κ1) is 11.0. The van der Waals surface area contributed by atoms with E-state index in [1.165, 1.54) is 0 Å². The molecule has 1 aromatic rings. The van der Waals surface area contributed by atoms with Crippen molar-refractivity contribution in [3.8, 4) is 5.75 Å². The number of hydrogen-bond acceptors (Lipinski definition) is 3. The van der Waals surface area contributed by atoms with Crippen LogP contribution in [0.25, 0.3) is 0 Å². The van der Waals surface area contributed by atoms with Crippen LogP contribution >= 0.6 is 11.8 Å². The summed E-state index contributed by atoms with van der Waals surface area (Å²) in [5.41, 5.74) is 6.63. The Hall–Kier alpha value is -1.09. The SMILES string of the molecule is CC=CCSc1cc(OC)ccc1N. The lowest BCUT2D eigenvalue weighted by atomic mass is 10.3. The van der Waals surface area contributed by atoms with Crippen molar-refractivity contribution in [1.82, 2.24) is 0 Å². The molecule has 76 valence electrons. The van der Waals surface area contributed by atoms with Crippen molar-refractivity contribution in [3.05, 3.63) is 30.4 Å². The first-order chi connectivity index (χ1) is 6.77. The van der Waals surface area contributed by atoms with Gasteiger partial charge in [-0.25, -0.2) is 0 Å². The second-order valence-corrected chi connectivity index (χ2v) is 3.85. The third-order valence-electron chi connectivity index (χ3n) is 1.79. The molecule has 3 heteroatoms. The maximum Gasteiger partial charge on any atom is 0.120 e. The standard InChI is InChI=1S/C11H15NOS/c1-3-4-7-14-11-8-9(13-2)5-6-10(11)12/h3-6,8H,7,12H2,1-2H3. The molecule has 2 nitrogen and oxygen atoms in total. The third-order valence-corrected chi connectivity index (χ3v) is 2.82. The molecule has 0 amide bonds. The molecule has 0 aliphatic rings. The molecule has 0 bridgehead atoms. The van der Waals surface area contributed by atoms with Gasteiger partial charge >= 0.3 is 0 Å². The molecule has 0 fully saturated rings. The molecule has 1 aromatic carbocycles.